The first-order valence-electron chi connectivity index (χ1n) is 26.5. The Morgan fingerprint density at radius 3 is 1.47 bits per heavy atom. The van der Waals surface area contributed by atoms with Crippen LogP contribution in [0.1, 0.15) is 25.0 Å². The minimum atomic E-state index is -0.189. The lowest BCUT2D eigenvalue weighted by Crippen LogP contribution is -2.64. The van der Waals surface area contributed by atoms with Crippen LogP contribution in [-0.4, -0.2) is 13.4 Å². The molecule has 1 aliphatic carbocycles. The first-order chi connectivity index (χ1) is 37.9. The molecule has 4 heterocycles. The van der Waals surface area contributed by atoms with Crippen molar-refractivity contribution >= 4 is 97.4 Å². The summed E-state index contributed by atoms with van der Waals surface area (Å²) in [5.74, 6) is 4.60. The van der Waals surface area contributed by atoms with Crippen LogP contribution in [0.3, 0.4) is 0 Å². The molecule has 0 bridgehead atoms. The predicted molar refractivity (Wildman–Crippen MR) is 317 cm³/mol. The summed E-state index contributed by atoms with van der Waals surface area (Å²) < 4.78 is 20.7. The highest BCUT2D eigenvalue weighted by Crippen LogP contribution is 2.53. The van der Waals surface area contributed by atoms with Crippen molar-refractivity contribution in [2.45, 2.75) is 19.3 Å². The van der Waals surface area contributed by atoms with Gasteiger partial charge in [0.1, 0.15) is 34.5 Å². The van der Waals surface area contributed by atoms with E-state index in [-0.39, 0.29) is 18.8 Å². The van der Waals surface area contributed by atoms with Crippen molar-refractivity contribution in [3.63, 3.8) is 0 Å². The third kappa shape index (κ3) is 6.58. The maximum absolute atomic E-state index is 6.99. The molecule has 77 heavy (non-hydrogen) atoms. The third-order valence-electron chi connectivity index (χ3n) is 16.5. The topological polar surface area (TPSA) is 37.4 Å². The second-order valence-corrected chi connectivity index (χ2v) is 21.2. The molecule has 0 aromatic heterocycles. The van der Waals surface area contributed by atoms with E-state index < -0.39 is 0 Å². The van der Waals surface area contributed by atoms with Crippen molar-refractivity contribution in [1.29, 1.82) is 0 Å². The molecule has 4 aliphatic heterocycles. The van der Waals surface area contributed by atoms with Crippen molar-refractivity contribution in [2.24, 2.45) is 0 Å². The fourth-order valence-electron chi connectivity index (χ4n) is 13.3. The summed E-state index contributed by atoms with van der Waals surface area (Å²) in [7, 11) is 0. The van der Waals surface area contributed by atoms with E-state index in [1.54, 1.807) is 0 Å². The quantitative estimate of drug-likeness (QED) is 0.148. The Morgan fingerprint density at radius 2 is 0.818 bits per heavy atom. The van der Waals surface area contributed by atoms with Crippen LogP contribution in [0.15, 0.2) is 249 Å². The summed E-state index contributed by atoms with van der Waals surface area (Å²) in [6, 6.07) is 89.1. The van der Waals surface area contributed by atoms with Crippen LogP contribution in [0, 0.1) is 0 Å². The van der Waals surface area contributed by atoms with Crippen LogP contribution in [0.5, 0.6) is 34.5 Å². The van der Waals surface area contributed by atoms with Crippen LogP contribution >= 0.6 is 0 Å². The molecule has 6 nitrogen and oxygen atoms in total. The molecular formula is C69H47B2N3O3. The molecule has 8 heteroatoms. The molecule has 11 aromatic rings. The fourth-order valence-corrected chi connectivity index (χ4v) is 13.3. The van der Waals surface area contributed by atoms with E-state index in [1.807, 2.05) is 60.7 Å². The van der Waals surface area contributed by atoms with Crippen LogP contribution in [0.25, 0.3) is 11.1 Å². The van der Waals surface area contributed by atoms with Crippen LogP contribution in [0.2, 0.25) is 0 Å². The summed E-state index contributed by atoms with van der Waals surface area (Å²) in [5, 5.41) is 0. The number of benzene rings is 11. The molecular weight excluding hydrogens is 940 g/mol. The molecule has 0 saturated heterocycles. The summed E-state index contributed by atoms with van der Waals surface area (Å²) in [5.41, 5.74) is 21.9. The van der Waals surface area contributed by atoms with E-state index in [4.69, 9.17) is 14.2 Å². The standard InChI is InChI=1S/C69H47B2N3O3/c1-69(2)53-30-16-15-29-51(53)52-36-35-46(37-54(52)69)74-59-33-19-17-31-55(59)70-57-42-58-61(43-60(57)72(44-21-7-3-8-22-44)62-38-49(39-63(74)67(62)70)75-47-25-11-5-12-26-47)73(45-23-9-4-10-24-45)64-40-50(76-48-27-13-6-14-28-48)41-66-68(64)71(58)56-32-18-20-34-65(56)77-66/h3-43H,1-2H3. The van der Waals surface area contributed by atoms with Crippen molar-refractivity contribution in [1.82, 2.24) is 0 Å². The number of fused-ring (bicyclic) bond motifs is 11. The summed E-state index contributed by atoms with van der Waals surface area (Å²) >= 11 is 0. The van der Waals surface area contributed by atoms with Gasteiger partial charge in [-0.05, 0) is 134 Å². The number of anilines is 9. The minimum Gasteiger partial charge on any atom is -0.458 e. The van der Waals surface area contributed by atoms with Crippen LogP contribution in [0.4, 0.5) is 51.2 Å². The van der Waals surface area contributed by atoms with E-state index in [0.717, 1.165) is 90.9 Å². The molecule has 0 spiro atoms. The number of hydrogen-bond acceptors (Lipinski definition) is 6. The van der Waals surface area contributed by atoms with Gasteiger partial charge >= 0.3 is 0 Å². The van der Waals surface area contributed by atoms with Gasteiger partial charge in [-0.25, -0.2) is 0 Å². The Hall–Kier alpha value is -9.65. The molecule has 0 N–H and O–H groups in total. The summed E-state index contributed by atoms with van der Waals surface area (Å²) in [6.07, 6.45) is 0. The number of para-hydroxylation sites is 6. The van der Waals surface area contributed by atoms with E-state index >= 15 is 0 Å². The maximum atomic E-state index is 6.99. The molecule has 0 saturated carbocycles. The Morgan fingerprint density at radius 1 is 0.325 bits per heavy atom. The molecule has 0 atom stereocenters. The zero-order valence-electron chi connectivity index (χ0n) is 42.4. The smallest absolute Gasteiger partial charge is 0.256 e. The molecule has 362 valence electrons. The number of rotatable bonds is 7. The zero-order valence-corrected chi connectivity index (χ0v) is 42.4. The lowest BCUT2D eigenvalue weighted by atomic mass is 9.30. The van der Waals surface area contributed by atoms with Crippen molar-refractivity contribution in [3.8, 4) is 45.6 Å². The summed E-state index contributed by atoms with van der Waals surface area (Å²) in [6.45, 7) is 4.41. The van der Waals surface area contributed by atoms with E-state index in [9.17, 15) is 0 Å². The van der Waals surface area contributed by atoms with Gasteiger partial charge in [-0.3, -0.25) is 0 Å². The highest BCUT2D eigenvalue weighted by molar-refractivity contribution is 7.02. The molecule has 0 amide bonds. The van der Waals surface area contributed by atoms with Gasteiger partial charge in [0.15, 0.2) is 0 Å². The normalized spacial score (nSPS) is 14.2. The van der Waals surface area contributed by atoms with Gasteiger partial charge in [0, 0.05) is 80.9 Å². The fraction of sp³-hybridized carbons (Fsp3) is 0.0435. The van der Waals surface area contributed by atoms with Gasteiger partial charge in [0.2, 0.25) is 0 Å². The Labute approximate surface area is 448 Å². The van der Waals surface area contributed by atoms with Gasteiger partial charge in [0.25, 0.3) is 13.4 Å². The van der Waals surface area contributed by atoms with Gasteiger partial charge in [0.05, 0.1) is 0 Å². The second kappa shape index (κ2) is 16.7. The molecule has 0 unspecified atom stereocenters. The van der Waals surface area contributed by atoms with Crippen molar-refractivity contribution in [2.75, 3.05) is 14.7 Å². The molecule has 11 aromatic carbocycles. The third-order valence-corrected chi connectivity index (χ3v) is 16.5. The molecule has 0 fully saturated rings. The highest BCUT2D eigenvalue weighted by atomic mass is 16.5. The van der Waals surface area contributed by atoms with Gasteiger partial charge in [-0.15, -0.1) is 0 Å². The first kappa shape index (κ1) is 43.7. The average Bonchev–Trinajstić information content (AvgIpc) is 3.88. The maximum Gasteiger partial charge on any atom is 0.256 e. The average molecular weight is 988 g/mol. The first-order valence-corrected chi connectivity index (χ1v) is 26.5. The zero-order chi connectivity index (χ0) is 50.9. The van der Waals surface area contributed by atoms with Crippen molar-refractivity contribution in [3.05, 3.63) is 260 Å². The molecule has 16 rings (SSSR count). The van der Waals surface area contributed by atoms with Gasteiger partial charge in [-0.1, -0.05) is 159 Å². The van der Waals surface area contributed by atoms with Gasteiger partial charge < -0.3 is 28.9 Å². The molecule has 5 aliphatic rings. The van der Waals surface area contributed by atoms with Crippen LogP contribution < -0.4 is 61.7 Å². The lowest BCUT2D eigenvalue weighted by Gasteiger charge is -2.46. The Balaban J connectivity index is 0.980. The van der Waals surface area contributed by atoms with Crippen LogP contribution in [-0.2, 0) is 5.41 Å². The second-order valence-electron chi connectivity index (χ2n) is 21.2. The summed E-state index contributed by atoms with van der Waals surface area (Å²) in [4.78, 5) is 7.40. The minimum absolute atomic E-state index is 0.155. The number of nitrogens with zero attached hydrogens (tertiary/aromatic N) is 3. The Kier molecular flexibility index (Phi) is 9.47. The number of ether oxygens (including phenoxy) is 3. The van der Waals surface area contributed by atoms with E-state index in [0.29, 0.717) is 5.75 Å². The van der Waals surface area contributed by atoms with E-state index in [2.05, 4.69) is 217 Å². The van der Waals surface area contributed by atoms with E-state index in [1.165, 1.54) is 44.1 Å². The monoisotopic (exact) mass is 987 g/mol. The van der Waals surface area contributed by atoms with Crippen molar-refractivity contribution < 1.29 is 14.2 Å². The lowest BCUT2D eigenvalue weighted by molar-refractivity contribution is 0.463. The van der Waals surface area contributed by atoms with Gasteiger partial charge in [-0.2, -0.15) is 0 Å². The predicted octanol–water partition coefficient (Wildman–Crippen LogP) is 14.1. The Bertz CT molecular complexity index is 4210. The molecule has 0 radical (unpaired) electrons. The highest BCUT2D eigenvalue weighted by Gasteiger charge is 2.48. The number of hydrogen-bond donors (Lipinski definition) is 0. The SMILES string of the molecule is CC1(C)c2ccccc2-c2ccc(N3c4ccccc4B4c5cc6c(cc5N(c5ccccc5)c5cc(Oc7ccccc7)cc3c54)N(c3ccccc3)c3cc(Oc4ccccc4)cc4c3B6c3ccccc3O4)cc21. The largest absolute Gasteiger partial charge is 0.458 e.